The van der Waals surface area contributed by atoms with Gasteiger partial charge in [-0.3, -0.25) is 0 Å². The normalized spacial score (nSPS) is 11.6. The zero-order chi connectivity index (χ0) is 25.2. The van der Waals surface area contributed by atoms with E-state index in [-0.39, 0.29) is 0 Å². The van der Waals surface area contributed by atoms with Crippen LogP contribution in [0.5, 0.6) is 0 Å². The molecule has 0 saturated carbocycles. The van der Waals surface area contributed by atoms with Crippen molar-refractivity contribution in [1.29, 1.82) is 0 Å². The number of aryl methyl sites for hydroxylation is 1. The molecule has 0 aliphatic rings. The van der Waals surface area contributed by atoms with Gasteiger partial charge in [0.25, 0.3) is 0 Å². The lowest BCUT2D eigenvalue weighted by molar-refractivity contribution is 0.994. The second-order valence-corrected chi connectivity index (χ2v) is 13.0. The molecular weight excluding hydrogens is 463 g/mol. The summed E-state index contributed by atoms with van der Waals surface area (Å²) >= 11 is 0. The largest absolute Gasteiger partial charge is 0.116 e. The molecule has 5 aromatic rings. The maximum atomic E-state index is 2.34. The molecule has 182 valence electrons. The van der Waals surface area contributed by atoms with Crippen molar-refractivity contribution in [2.24, 2.45) is 0 Å². The predicted molar refractivity (Wildman–Crippen MR) is 163 cm³/mol. The summed E-state index contributed by atoms with van der Waals surface area (Å²) < 4.78 is 0. The molecule has 37 heavy (non-hydrogen) atoms. The molecule has 0 aliphatic heterocycles. The SMILES string of the molecule is C(=C\Cc1ccc(C[P+](c2ccccc2)(c2ccccc2)c2ccccc2)cc1)/CCc1ccccc1. The summed E-state index contributed by atoms with van der Waals surface area (Å²) in [5.74, 6) is 0. The third kappa shape index (κ3) is 6.16. The van der Waals surface area contributed by atoms with Crippen molar-refractivity contribution in [3.63, 3.8) is 0 Å². The Morgan fingerprint density at radius 2 is 0.838 bits per heavy atom. The second kappa shape index (κ2) is 12.5. The fourth-order valence-electron chi connectivity index (χ4n) is 5.06. The van der Waals surface area contributed by atoms with Crippen LogP contribution in [0.1, 0.15) is 23.1 Å². The molecule has 1 heteroatoms. The van der Waals surface area contributed by atoms with Crippen LogP contribution in [0, 0.1) is 0 Å². The summed E-state index contributed by atoms with van der Waals surface area (Å²) in [7, 11) is -1.86. The van der Waals surface area contributed by atoms with Gasteiger partial charge < -0.3 is 0 Å². The maximum absolute atomic E-state index is 2.34. The first kappa shape index (κ1) is 24.9. The van der Waals surface area contributed by atoms with Crippen molar-refractivity contribution in [3.05, 3.63) is 174 Å². The number of hydrogen-bond donors (Lipinski definition) is 0. The lowest BCUT2D eigenvalue weighted by atomic mass is 10.1. The molecule has 5 rings (SSSR count). The Morgan fingerprint density at radius 1 is 0.405 bits per heavy atom. The van der Waals surface area contributed by atoms with Gasteiger partial charge in [-0.05, 0) is 72.4 Å². The smallest absolute Gasteiger partial charge is 0.0879 e. The van der Waals surface area contributed by atoms with Crippen molar-refractivity contribution in [2.45, 2.75) is 25.4 Å². The monoisotopic (exact) mass is 497 g/mol. The average molecular weight is 498 g/mol. The number of allylic oxidation sites excluding steroid dienone is 2. The lowest BCUT2D eigenvalue weighted by Gasteiger charge is -2.28. The van der Waals surface area contributed by atoms with Crippen molar-refractivity contribution in [1.82, 2.24) is 0 Å². The van der Waals surface area contributed by atoms with Gasteiger partial charge >= 0.3 is 0 Å². The van der Waals surface area contributed by atoms with Gasteiger partial charge in [0, 0.05) is 0 Å². The molecule has 0 nitrogen and oxygen atoms in total. The Morgan fingerprint density at radius 3 is 1.32 bits per heavy atom. The molecule has 0 aliphatic carbocycles. The van der Waals surface area contributed by atoms with Crippen LogP contribution in [0.2, 0.25) is 0 Å². The fourth-order valence-corrected chi connectivity index (χ4v) is 9.30. The molecule has 0 radical (unpaired) electrons. The van der Waals surface area contributed by atoms with E-state index in [0.717, 1.165) is 25.4 Å². The number of benzene rings is 5. The zero-order valence-electron chi connectivity index (χ0n) is 21.3. The molecule has 0 N–H and O–H groups in total. The van der Waals surface area contributed by atoms with E-state index in [1.165, 1.54) is 32.6 Å². The Hall–Kier alpha value is -3.73. The van der Waals surface area contributed by atoms with Crippen molar-refractivity contribution in [2.75, 3.05) is 0 Å². The third-order valence-electron chi connectivity index (χ3n) is 7.00. The lowest BCUT2D eigenvalue weighted by Crippen LogP contribution is -2.32. The van der Waals surface area contributed by atoms with Crippen LogP contribution in [0.4, 0.5) is 0 Å². The van der Waals surface area contributed by atoms with Gasteiger partial charge in [0.2, 0.25) is 0 Å². The highest BCUT2D eigenvalue weighted by molar-refractivity contribution is 7.95. The molecule has 0 bridgehead atoms. The van der Waals surface area contributed by atoms with Gasteiger partial charge in [-0.15, -0.1) is 0 Å². The van der Waals surface area contributed by atoms with Gasteiger partial charge in [0.05, 0.1) is 6.16 Å². The van der Waals surface area contributed by atoms with E-state index >= 15 is 0 Å². The van der Waals surface area contributed by atoms with E-state index in [1.54, 1.807) is 0 Å². The second-order valence-electron chi connectivity index (χ2n) is 9.49. The predicted octanol–water partition coefficient (Wildman–Crippen LogP) is 7.91. The first-order chi connectivity index (χ1) is 18.3. The minimum absolute atomic E-state index is 0.978. The summed E-state index contributed by atoms with van der Waals surface area (Å²) in [5.41, 5.74) is 4.16. The van der Waals surface area contributed by atoms with Crippen LogP contribution in [-0.4, -0.2) is 0 Å². The first-order valence-electron chi connectivity index (χ1n) is 13.2. The Bertz CT molecular complexity index is 1280. The highest BCUT2D eigenvalue weighted by atomic mass is 31.2. The molecule has 0 amide bonds. The molecule has 0 atom stereocenters. The van der Waals surface area contributed by atoms with Crippen LogP contribution in [0.3, 0.4) is 0 Å². The van der Waals surface area contributed by atoms with Crippen LogP contribution < -0.4 is 15.9 Å². The van der Waals surface area contributed by atoms with Crippen molar-refractivity contribution in [3.8, 4) is 0 Å². The number of rotatable bonds is 10. The number of hydrogen-bond acceptors (Lipinski definition) is 0. The molecule has 0 aromatic heterocycles. The summed E-state index contributed by atoms with van der Waals surface area (Å²) in [6, 6.07) is 53.4. The van der Waals surface area contributed by atoms with E-state index in [0.29, 0.717) is 0 Å². The summed E-state index contributed by atoms with van der Waals surface area (Å²) in [6.45, 7) is 0. The average Bonchev–Trinajstić information content (AvgIpc) is 2.98. The summed E-state index contributed by atoms with van der Waals surface area (Å²) in [4.78, 5) is 0. The Kier molecular flexibility index (Phi) is 8.42. The highest BCUT2D eigenvalue weighted by Gasteiger charge is 2.45. The molecule has 5 aromatic carbocycles. The van der Waals surface area contributed by atoms with Gasteiger partial charge in [0.15, 0.2) is 0 Å². The van der Waals surface area contributed by atoms with E-state index in [1.807, 2.05) is 0 Å². The Balaban J connectivity index is 1.38. The summed E-state index contributed by atoms with van der Waals surface area (Å²) in [5, 5.41) is 4.29. The Labute approximate surface area is 222 Å². The maximum Gasteiger partial charge on any atom is 0.116 e. The topological polar surface area (TPSA) is 0 Å². The molecule has 0 saturated heterocycles. The van der Waals surface area contributed by atoms with Gasteiger partial charge in [-0.2, -0.15) is 0 Å². The van der Waals surface area contributed by atoms with Gasteiger partial charge in [-0.1, -0.05) is 121 Å². The zero-order valence-corrected chi connectivity index (χ0v) is 22.2. The third-order valence-corrected chi connectivity index (χ3v) is 11.4. The quantitative estimate of drug-likeness (QED) is 0.136. The van der Waals surface area contributed by atoms with E-state index in [4.69, 9.17) is 0 Å². The minimum Gasteiger partial charge on any atom is -0.0879 e. The standard InChI is InChI=1S/C36H34P/c1-6-16-31(17-7-1)18-8-2-9-19-32-26-28-33(29-27-32)30-37(34-20-10-3-11-21-34,35-22-12-4-13-23-35)36-24-14-5-15-25-36/h1-7,9-17,20-29H,8,18-19,30H2/q+1/b9-2+. The molecular formula is C36H34P+. The van der Waals surface area contributed by atoms with E-state index in [9.17, 15) is 0 Å². The van der Waals surface area contributed by atoms with Gasteiger partial charge in [-0.25, -0.2) is 0 Å². The van der Waals surface area contributed by atoms with Crippen LogP contribution in [0.25, 0.3) is 0 Å². The van der Waals surface area contributed by atoms with E-state index in [2.05, 4.69) is 158 Å². The van der Waals surface area contributed by atoms with Crippen molar-refractivity contribution < 1.29 is 0 Å². The van der Waals surface area contributed by atoms with Crippen LogP contribution in [0.15, 0.2) is 158 Å². The molecule has 0 unspecified atom stereocenters. The minimum atomic E-state index is -1.86. The highest BCUT2D eigenvalue weighted by Crippen LogP contribution is 2.58. The summed E-state index contributed by atoms with van der Waals surface area (Å²) in [6.07, 6.45) is 8.80. The fraction of sp³-hybridized carbons (Fsp3) is 0.111. The molecule has 0 fully saturated rings. The first-order valence-corrected chi connectivity index (χ1v) is 15.1. The van der Waals surface area contributed by atoms with Crippen LogP contribution in [-0.2, 0) is 19.0 Å². The molecule has 0 spiro atoms. The van der Waals surface area contributed by atoms with Crippen molar-refractivity contribution >= 4 is 23.2 Å². The van der Waals surface area contributed by atoms with Gasteiger partial charge in [0.1, 0.15) is 23.2 Å². The van der Waals surface area contributed by atoms with E-state index < -0.39 is 7.26 Å². The molecule has 0 heterocycles. The van der Waals surface area contributed by atoms with Crippen LogP contribution >= 0.6 is 7.26 Å².